The second-order valence-corrected chi connectivity index (χ2v) is 8.55. The van der Waals surface area contributed by atoms with Crippen LogP contribution in [0.15, 0.2) is 48.9 Å². The maximum Gasteiger partial charge on any atom is 0.251 e. The van der Waals surface area contributed by atoms with E-state index in [-0.39, 0.29) is 6.04 Å². The normalized spacial score (nSPS) is 13.4. The number of thiophene rings is 1. The van der Waals surface area contributed by atoms with Gasteiger partial charge in [0.05, 0.1) is 0 Å². The Hall–Kier alpha value is -0.210. The average molecular weight is 425 g/mol. The molecule has 0 amide bonds. The molecule has 0 aliphatic carbocycles. The molecule has 1 N–H and O–H groups in total. The van der Waals surface area contributed by atoms with Gasteiger partial charge in [-0.25, -0.2) is 13.1 Å². The highest BCUT2D eigenvalue weighted by Gasteiger charge is 2.22. The molecule has 0 saturated carbocycles. The van der Waals surface area contributed by atoms with Crippen LogP contribution < -0.4 is 4.72 Å². The molecule has 0 radical (unpaired) electrons. The molecule has 1 atom stereocenters. The van der Waals surface area contributed by atoms with Crippen molar-refractivity contribution in [3.05, 3.63) is 50.2 Å². The minimum absolute atomic E-state index is 0.285. The van der Waals surface area contributed by atoms with Crippen LogP contribution in [0, 0.1) is 0 Å². The van der Waals surface area contributed by atoms with Crippen molar-refractivity contribution in [1.29, 1.82) is 0 Å². The first-order valence-corrected chi connectivity index (χ1v) is 9.36. The summed E-state index contributed by atoms with van der Waals surface area (Å²) in [5.74, 6) is 0. The molecule has 1 unspecified atom stereocenters. The fourth-order valence-electron chi connectivity index (χ4n) is 1.58. The van der Waals surface area contributed by atoms with Crippen molar-refractivity contribution in [2.75, 3.05) is 0 Å². The number of rotatable bonds is 4. The molecule has 1 aromatic heterocycles. The van der Waals surface area contributed by atoms with Gasteiger partial charge in [0.2, 0.25) is 0 Å². The lowest BCUT2D eigenvalue weighted by Crippen LogP contribution is -2.26. The van der Waals surface area contributed by atoms with E-state index in [0.717, 1.165) is 10.0 Å². The van der Waals surface area contributed by atoms with Crippen LogP contribution in [0.1, 0.15) is 18.5 Å². The zero-order chi connectivity index (χ0) is 14.0. The van der Waals surface area contributed by atoms with Crippen LogP contribution in [0.3, 0.4) is 0 Å². The molecule has 102 valence electrons. The summed E-state index contributed by atoms with van der Waals surface area (Å²) >= 11 is 7.79. The summed E-state index contributed by atoms with van der Waals surface area (Å²) in [7, 11) is -3.50. The van der Waals surface area contributed by atoms with Gasteiger partial charge in [-0.2, -0.15) is 0 Å². The van der Waals surface area contributed by atoms with Crippen LogP contribution in [0.25, 0.3) is 0 Å². The molecule has 0 fully saturated rings. The second-order valence-electron chi connectivity index (χ2n) is 3.95. The lowest BCUT2D eigenvalue weighted by atomic mass is 10.1. The topological polar surface area (TPSA) is 46.2 Å². The van der Waals surface area contributed by atoms with Crippen LogP contribution in [-0.2, 0) is 10.0 Å². The molecule has 0 bridgehead atoms. The van der Waals surface area contributed by atoms with Gasteiger partial charge in [-0.1, -0.05) is 28.1 Å². The Morgan fingerprint density at radius 2 is 1.79 bits per heavy atom. The monoisotopic (exact) mass is 423 g/mol. The average Bonchev–Trinajstić information content (AvgIpc) is 2.76. The van der Waals surface area contributed by atoms with E-state index in [4.69, 9.17) is 0 Å². The van der Waals surface area contributed by atoms with Gasteiger partial charge in [0.1, 0.15) is 4.21 Å². The summed E-state index contributed by atoms with van der Waals surface area (Å²) in [6.07, 6.45) is 0. The Kier molecular flexibility index (Phi) is 4.84. The van der Waals surface area contributed by atoms with Crippen molar-refractivity contribution < 1.29 is 8.42 Å². The molecule has 3 nitrogen and oxygen atoms in total. The number of halogens is 2. The summed E-state index contributed by atoms with van der Waals surface area (Å²) in [4.78, 5) is 0. The van der Waals surface area contributed by atoms with Crippen molar-refractivity contribution in [1.82, 2.24) is 4.72 Å². The molecule has 0 spiro atoms. The Morgan fingerprint density at radius 1 is 1.16 bits per heavy atom. The molecular weight excluding hydrogens is 414 g/mol. The van der Waals surface area contributed by atoms with Gasteiger partial charge in [0, 0.05) is 15.0 Å². The van der Waals surface area contributed by atoms with Crippen molar-refractivity contribution >= 4 is 53.2 Å². The standard InChI is InChI=1S/C12H11Br2NO2S2/c1-8(9-2-4-10(13)5-3-9)15-19(16,17)12-11(14)6-7-18-12/h2-8,15H,1H3. The molecule has 0 aliphatic rings. The summed E-state index contributed by atoms with van der Waals surface area (Å²) in [5, 5.41) is 1.74. The maximum atomic E-state index is 12.2. The smallest absolute Gasteiger partial charge is 0.206 e. The Morgan fingerprint density at radius 3 is 2.32 bits per heavy atom. The quantitative estimate of drug-likeness (QED) is 0.794. The number of sulfonamides is 1. The molecule has 1 heterocycles. The van der Waals surface area contributed by atoms with E-state index >= 15 is 0 Å². The first-order valence-electron chi connectivity index (χ1n) is 5.41. The van der Waals surface area contributed by atoms with Crippen LogP contribution in [0.2, 0.25) is 0 Å². The fraction of sp³-hybridized carbons (Fsp3) is 0.167. The minimum Gasteiger partial charge on any atom is -0.206 e. The van der Waals surface area contributed by atoms with Gasteiger partial charge < -0.3 is 0 Å². The van der Waals surface area contributed by atoms with Gasteiger partial charge in [-0.3, -0.25) is 0 Å². The lowest BCUT2D eigenvalue weighted by Gasteiger charge is -2.14. The second kappa shape index (κ2) is 6.05. The van der Waals surface area contributed by atoms with Crippen molar-refractivity contribution in [2.45, 2.75) is 17.2 Å². The van der Waals surface area contributed by atoms with Gasteiger partial charge >= 0.3 is 0 Å². The number of hydrogen-bond acceptors (Lipinski definition) is 3. The van der Waals surface area contributed by atoms with Crippen molar-refractivity contribution in [3.63, 3.8) is 0 Å². The van der Waals surface area contributed by atoms with E-state index in [0.29, 0.717) is 8.68 Å². The van der Waals surface area contributed by atoms with Crippen molar-refractivity contribution in [3.8, 4) is 0 Å². The molecule has 2 rings (SSSR count). The SMILES string of the molecule is CC(NS(=O)(=O)c1sccc1Br)c1ccc(Br)cc1. The number of benzene rings is 1. The third-order valence-electron chi connectivity index (χ3n) is 2.53. The summed E-state index contributed by atoms with van der Waals surface area (Å²) in [6, 6.07) is 9.00. The fourth-order valence-corrected chi connectivity index (χ4v) is 5.43. The highest BCUT2D eigenvalue weighted by atomic mass is 79.9. The predicted octanol–water partition coefficient (Wildman–Crippen LogP) is 4.31. The van der Waals surface area contributed by atoms with E-state index < -0.39 is 10.0 Å². The predicted molar refractivity (Wildman–Crippen MR) is 84.9 cm³/mol. The molecule has 1 aromatic carbocycles. The van der Waals surface area contributed by atoms with Gasteiger partial charge in [0.25, 0.3) is 10.0 Å². The summed E-state index contributed by atoms with van der Waals surface area (Å²) in [5.41, 5.74) is 0.916. The van der Waals surface area contributed by atoms with Crippen LogP contribution >= 0.6 is 43.2 Å². The third-order valence-corrected chi connectivity index (χ3v) is 7.27. The lowest BCUT2D eigenvalue weighted by molar-refractivity contribution is 0.568. The zero-order valence-electron chi connectivity index (χ0n) is 9.93. The van der Waals surface area contributed by atoms with Gasteiger partial charge in [-0.15, -0.1) is 11.3 Å². The van der Waals surface area contributed by atoms with E-state index in [9.17, 15) is 8.42 Å². The highest BCUT2D eigenvalue weighted by Crippen LogP contribution is 2.29. The van der Waals surface area contributed by atoms with E-state index in [2.05, 4.69) is 36.6 Å². The number of hydrogen-bond donors (Lipinski definition) is 1. The maximum absolute atomic E-state index is 12.2. The Balaban J connectivity index is 2.21. The summed E-state index contributed by atoms with van der Waals surface area (Å²) in [6.45, 7) is 1.82. The summed E-state index contributed by atoms with van der Waals surface area (Å²) < 4.78 is 29.0. The third kappa shape index (κ3) is 3.66. The van der Waals surface area contributed by atoms with Crippen LogP contribution in [0.4, 0.5) is 0 Å². The molecule has 19 heavy (non-hydrogen) atoms. The van der Waals surface area contributed by atoms with Crippen molar-refractivity contribution in [2.24, 2.45) is 0 Å². The minimum atomic E-state index is -3.50. The first-order chi connectivity index (χ1) is 8.90. The molecule has 7 heteroatoms. The first kappa shape index (κ1) is 15.2. The largest absolute Gasteiger partial charge is 0.251 e. The van der Waals surface area contributed by atoms with Gasteiger partial charge in [0.15, 0.2) is 0 Å². The molecule has 2 aromatic rings. The Labute approximate surface area is 133 Å². The van der Waals surface area contributed by atoms with Gasteiger partial charge in [-0.05, 0) is 52.0 Å². The van der Waals surface area contributed by atoms with Crippen LogP contribution in [-0.4, -0.2) is 8.42 Å². The zero-order valence-corrected chi connectivity index (χ0v) is 14.7. The van der Waals surface area contributed by atoms with E-state index in [1.807, 2.05) is 31.2 Å². The molecule has 0 saturated heterocycles. The number of nitrogens with one attached hydrogen (secondary N) is 1. The van der Waals surface area contributed by atoms with E-state index in [1.54, 1.807) is 11.4 Å². The van der Waals surface area contributed by atoms with E-state index in [1.165, 1.54) is 11.3 Å². The Bertz CT molecular complexity index is 665. The highest BCUT2D eigenvalue weighted by molar-refractivity contribution is 9.10. The molecular formula is C12H11Br2NO2S2. The van der Waals surface area contributed by atoms with Crippen LogP contribution in [0.5, 0.6) is 0 Å². The molecule has 0 aliphatic heterocycles.